The predicted octanol–water partition coefficient (Wildman–Crippen LogP) is 0.591. The summed E-state index contributed by atoms with van der Waals surface area (Å²) >= 11 is 0. The standard InChI is InChI=1S/C13H20N2O3/c1-17-8-9-18-7-6-15-13(16)10-11-2-4-12(14)5-3-11/h2-5H,6-10,14H2,1H3,(H,15,16). The van der Waals surface area contributed by atoms with Crippen LogP contribution >= 0.6 is 0 Å². The molecule has 3 N–H and O–H groups in total. The molecule has 0 unspecified atom stereocenters. The van der Waals surface area contributed by atoms with Gasteiger partial charge in [0.25, 0.3) is 0 Å². The van der Waals surface area contributed by atoms with E-state index in [9.17, 15) is 4.79 Å². The summed E-state index contributed by atoms with van der Waals surface area (Å²) < 4.78 is 10.1. The molecule has 0 aliphatic carbocycles. The van der Waals surface area contributed by atoms with Gasteiger partial charge in [-0.1, -0.05) is 12.1 Å². The van der Waals surface area contributed by atoms with E-state index in [-0.39, 0.29) is 5.91 Å². The zero-order chi connectivity index (χ0) is 13.2. The molecular formula is C13H20N2O3. The highest BCUT2D eigenvalue weighted by Gasteiger charge is 2.02. The van der Waals surface area contributed by atoms with Crippen LogP contribution in [0.25, 0.3) is 0 Å². The fourth-order valence-corrected chi connectivity index (χ4v) is 1.39. The number of carbonyl (C=O) groups is 1. The maximum atomic E-state index is 11.6. The molecule has 1 aromatic rings. The number of methoxy groups -OCH3 is 1. The minimum Gasteiger partial charge on any atom is -0.399 e. The number of ether oxygens (including phenoxy) is 2. The van der Waals surface area contributed by atoms with E-state index in [0.29, 0.717) is 38.5 Å². The molecule has 0 heterocycles. The zero-order valence-electron chi connectivity index (χ0n) is 10.6. The lowest BCUT2D eigenvalue weighted by molar-refractivity contribution is -0.120. The van der Waals surface area contributed by atoms with Gasteiger partial charge in [0.05, 0.1) is 26.2 Å². The zero-order valence-corrected chi connectivity index (χ0v) is 10.6. The Morgan fingerprint density at radius 3 is 2.61 bits per heavy atom. The van der Waals surface area contributed by atoms with Gasteiger partial charge < -0.3 is 20.5 Å². The number of anilines is 1. The van der Waals surface area contributed by atoms with Crippen molar-refractivity contribution in [3.63, 3.8) is 0 Å². The molecule has 0 aliphatic rings. The predicted molar refractivity (Wildman–Crippen MR) is 70.3 cm³/mol. The molecule has 0 aromatic heterocycles. The molecule has 100 valence electrons. The molecular weight excluding hydrogens is 232 g/mol. The smallest absolute Gasteiger partial charge is 0.224 e. The summed E-state index contributed by atoms with van der Waals surface area (Å²) in [5, 5.41) is 2.79. The molecule has 1 aromatic carbocycles. The van der Waals surface area contributed by atoms with Crippen LogP contribution in [0.1, 0.15) is 5.56 Å². The maximum Gasteiger partial charge on any atom is 0.224 e. The van der Waals surface area contributed by atoms with E-state index in [4.69, 9.17) is 15.2 Å². The molecule has 0 saturated heterocycles. The molecule has 0 atom stereocenters. The van der Waals surface area contributed by atoms with Crippen molar-refractivity contribution >= 4 is 11.6 Å². The molecule has 5 nitrogen and oxygen atoms in total. The minimum atomic E-state index is -0.0184. The van der Waals surface area contributed by atoms with Crippen LogP contribution in [-0.2, 0) is 20.7 Å². The molecule has 0 aliphatic heterocycles. The molecule has 0 bridgehead atoms. The molecule has 0 saturated carbocycles. The van der Waals surface area contributed by atoms with Crippen LogP contribution in [0.5, 0.6) is 0 Å². The van der Waals surface area contributed by atoms with Crippen molar-refractivity contribution in [3.05, 3.63) is 29.8 Å². The number of nitrogen functional groups attached to an aromatic ring is 1. The second-order valence-electron chi connectivity index (χ2n) is 3.87. The van der Waals surface area contributed by atoms with Gasteiger partial charge in [-0.2, -0.15) is 0 Å². The number of amides is 1. The van der Waals surface area contributed by atoms with Crippen LogP contribution in [0, 0.1) is 0 Å². The van der Waals surface area contributed by atoms with E-state index >= 15 is 0 Å². The molecule has 0 radical (unpaired) electrons. The van der Waals surface area contributed by atoms with Crippen molar-refractivity contribution in [2.45, 2.75) is 6.42 Å². The van der Waals surface area contributed by atoms with Crippen LogP contribution in [0.2, 0.25) is 0 Å². The Morgan fingerprint density at radius 2 is 1.94 bits per heavy atom. The van der Waals surface area contributed by atoms with Gasteiger partial charge in [-0.25, -0.2) is 0 Å². The number of benzene rings is 1. The topological polar surface area (TPSA) is 73.6 Å². The lowest BCUT2D eigenvalue weighted by atomic mass is 10.1. The summed E-state index contributed by atoms with van der Waals surface area (Å²) in [6.07, 6.45) is 0.359. The van der Waals surface area contributed by atoms with Crippen LogP contribution in [-0.4, -0.2) is 39.4 Å². The van der Waals surface area contributed by atoms with Gasteiger partial charge in [-0.3, -0.25) is 4.79 Å². The number of nitrogens with one attached hydrogen (secondary N) is 1. The van der Waals surface area contributed by atoms with E-state index in [1.165, 1.54) is 0 Å². The highest BCUT2D eigenvalue weighted by atomic mass is 16.5. The van der Waals surface area contributed by atoms with Gasteiger partial charge in [-0.05, 0) is 17.7 Å². The van der Waals surface area contributed by atoms with Crippen molar-refractivity contribution in [2.75, 3.05) is 39.2 Å². The first kappa shape index (κ1) is 14.5. The summed E-state index contributed by atoms with van der Waals surface area (Å²) in [4.78, 5) is 11.6. The van der Waals surface area contributed by atoms with Crippen LogP contribution < -0.4 is 11.1 Å². The Morgan fingerprint density at radius 1 is 1.22 bits per heavy atom. The fourth-order valence-electron chi connectivity index (χ4n) is 1.39. The third-order valence-corrected chi connectivity index (χ3v) is 2.34. The first-order valence-corrected chi connectivity index (χ1v) is 5.90. The number of hydrogen-bond donors (Lipinski definition) is 2. The Labute approximate surface area is 107 Å². The van der Waals surface area contributed by atoms with Crippen molar-refractivity contribution < 1.29 is 14.3 Å². The largest absolute Gasteiger partial charge is 0.399 e. The van der Waals surface area contributed by atoms with E-state index in [0.717, 1.165) is 5.56 Å². The third-order valence-electron chi connectivity index (χ3n) is 2.34. The Bertz CT molecular complexity index is 352. The molecule has 5 heteroatoms. The highest BCUT2D eigenvalue weighted by molar-refractivity contribution is 5.78. The molecule has 1 rings (SSSR count). The second kappa shape index (κ2) is 8.49. The van der Waals surface area contributed by atoms with Gasteiger partial charge in [-0.15, -0.1) is 0 Å². The quantitative estimate of drug-likeness (QED) is 0.524. The average Bonchev–Trinajstić information content (AvgIpc) is 2.36. The van der Waals surface area contributed by atoms with Crippen molar-refractivity contribution in [1.29, 1.82) is 0 Å². The van der Waals surface area contributed by atoms with E-state index in [1.54, 1.807) is 19.2 Å². The number of nitrogens with two attached hydrogens (primary N) is 1. The summed E-state index contributed by atoms with van der Waals surface area (Å²) in [6, 6.07) is 7.28. The van der Waals surface area contributed by atoms with Gasteiger partial charge in [0.2, 0.25) is 5.91 Å². The van der Waals surface area contributed by atoms with E-state index in [2.05, 4.69) is 5.32 Å². The summed E-state index contributed by atoms with van der Waals surface area (Å²) in [7, 11) is 1.62. The molecule has 0 fully saturated rings. The lowest BCUT2D eigenvalue weighted by Crippen LogP contribution is -2.28. The molecule has 0 spiro atoms. The van der Waals surface area contributed by atoms with E-state index < -0.39 is 0 Å². The Hall–Kier alpha value is -1.59. The summed E-state index contributed by atoms with van der Waals surface area (Å²) in [5.41, 5.74) is 7.21. The highest BCUT2D eigenvalue weighted by Crippen LogP contribution is 2.05. The van der Waals surface area contributed by atoms with Crippen LogP contribution in [0.15, 0.2) is 24.3 Å². The summed E-state index contributed by atoms with van der Waals surface area (Å²) in [6.45, 7) is 2.12. The van der Waals surface area contributed by atoms with Gasteiger partial charge in [0, 0.05) is 19.3 Å². The first-order chi connectivity index (χ1) is 8.72. The normalized spacial score (nSPS) is 10.3. The number of hydrogen-bond acceptors (Lipinski definition) is 4. The number of carbonyl (C=O) groups excluding carboxylic acids is 1. The molecule has 18 heavy (non-hydrogen) atoms. The lowest BCUT2D eigenvalue weighted by Gasteiger charge is -2.06. The second-order valence-corrected chi connectivity index (χ2v) is 3.87. The van der Waals surface area contributed by atoms with Gasteiger partial charge >= 0.3 is 0 Å². The van der Waals surface area contributed by atoms with Crippen molar-refractivity contribution in [1.82, 2.24) is 5.32 Å². The first-order valence-electron chi connectivity index (χ1n) is 5.90. The Kier molecular flexibility index (Phi) is 6.83. The Balaban J connectivity index is 2.12. The van der Waals surface area contributed by atoms with E-state index in [1.807, 2.05) is 12.1 Å². The third kappa shape index (κ3) is 6.22. The average molecular weight is 252 g/mol. The van der Waals surface area contributed by atoms with Gasteiger partial charge in [0.1, 0.15) is 0 Å². The fraction of sp³-hybridized carbons (Fsp3) is 0.462. The van der Waals surface area contributed by atoms with Crippen LogP contribution in [0.4, 0.5) is 5.69 Å². The van der Waals surface area contributed by atoms with Crippen molar-refractivity contribution in [2.24, 2.45) is 0 Å². The van der Waals surface area contributed by atoms with Crippen molar-refractivity contribution in [3.8, 4) is 0 Å². The SMILES string of the molecule is COCCOCCNC(=O)Cc1ccc(N)cc1. The summed E-state index contributed by atoms with van der Waals surface area (Å²) in [5.74, 6) is -0.0184. The van der Waals surface area contributed by atoms with Gasteiger partial charge in [0.15, 0.2) is 0 Å². The van der Waals surface area contributed by atoms with Crippen LogP contribution in [0.3, 0.4) is 0 Å². The molecule has 1 amide bonds. The maximum absolute atomic E-state index is 11.6. The number of rotatable bonds is 8. The monoisotopic (exact) mass is 252 g/mol. The minimum absolute atomic E-state index is 0.0184.